The molecule has 44 heavy (non-hydrogen) atoms. The predicted octanol–water partition coefficient (Wildman–Crippen LogP) is 6.94. The topological polar surface area (TPSA) is 121 Å². The number of aromatic nitrogens is 1. The zero-order chi connectivity index (χ0) is 31.1. The zero-order valence-electron chi connectivity index (χ0n) is 24.7. The summed E-state index contributed by atoms with van der Waals surface area (Å²) in [5.74, 6) is -1.20. The van der Waals surface area contributed by atoms with Gasteiger partial charge in [0, 0.05) is 48.3 Å². The monoisotopic (exact) mass is 606 g/mol. The third-order valence-electron chi connectivity index (χ3n) is 7.64. The van der Waals surface area contributed by atoms with Crippen LogP contribution in [-0.2, 0) is 4.79 Å². The minimum atomic E-state index is -0.614. The van der Waals surface area contributed by atoms with Crippen LogP contribution in [0.1, 0.15) is 42.6 Å². The van der Waals surface area contributed by atoms with Gasteiger partial charge in [-0.1, -0.05) is 56.3 Å². The molecule has 0 atom stereocenters. The highest BCUT2D eigenvalue weighted by atomic mass is 32.2. The second-order valence-electron chi connectivity index (χ2n) is 10.3. The Balaban J connectivity index is 1.23. The SMILES string of the molecule is CCN(CC)Sc1ccc(NC(=O)Nc2cccc3c(C(=O)C(=O)N4CCC(=C(C#N)c5ccccc5)CC4)c[nH]c23)cc1. The quantitative estimate of drug-likeness (QED) is 0.0821. The molecule has 10 heteroatoms. The number of para-hydroxylation sites is 1. The number of nitrogens with one attached hydrogen (secondary N) is 3. The highest BCUT2D eigenvalue weighted by Crippen LogP contribution is 2.29. The number of nitrogens with zero attached hydrogens (tertiary/aromatic N) is 3. The summed E-state index contributed by atoms with van der Waals surface area (Å²) in [6, 6.07) is 24.2. The van der Waals surface area contributed by atoms with Gasteiger partial charge in [0.2, 0.25) is 0 Å². The molecule has 0 saturated carbocycles. The van der Waals surface area contributed by atoms with Crippen LogP contribution in [0.25, 0.3) is 16.5 Å². The zero-order valence-corrected chi connectivity index (χ0v) is 25.5. The Morgan fingerprint density at radius 3 is 2.30 bits per heavy atom. The number of carbonyl (C=O) groups excluding carboxylic acids is 3. The lowest BCUT2D eigenvalue weighted by molar-refractivity contribution is -0.126. The summed E-state index contributed by atoms with van der Waals surface area (Å²) in [4.78, 5) is 45.1. The molecule has 0 spiro atoms. The van der Waals surface area contributed by atoms with Gasteiger partial charge >= 0.3 is 6.03 Å². The number of allylic oxidation sites excluding steroid dienone is 1. The van der Waals surface area contributed by atoms with Gasteiger partial charge in [-0.3, -0.25) is 9.59 Å². The fraction of sp³-hybridized carbons (Fsp3) is 0.235. The van der Waals surface area contributed by atoms with Crippen molar-refractivity contribution in [2.45, 2.75) is 31.6 Å². The van der Waals surface area contributed by atoms with Gasteiger partial charge in [0.1, 0.15) is 0 Å². The highest BCUT2D eigenvalue weighted by molar-refractivity contribution is 7.97. The summed E-state index contributed by atoms with van der Waals surface area (Å²) in [6.45, 7) is 6.82. The fourth-order valence-corrected chi connectivity index (χ4v) is 6.09. The van der Waals surface area contributed by atoms with Crippen LogP contribution in [0.2, 0.25) is 0 Å². The van der Waals surface area contributed by atoms with E-state index in [0.717, 1.165) is 29.1 Å². The van der Waals surface area contributed by atoms with E-state index in [1.54, 1.807) is 35.0 Å². The van der Waals surface area contributed by atoms with Crippen LogP contribution in [0.3, 0.4) is 0 Å². The smallest absolute Gasteiger partial charge is 0.323 e. The maximum Gasteiger partial charge on any atom is 0.323 e. The Bertz CT molecular complexity index is 1730. The number of amides is 3. The molecule has 9 nitrogen and oxygen atoms in total. The number of aromatic amines is 1. The molecular formula is C34H34N6O3S. The number of hydrogen-bond donors (Lipinski definition) is 3. The molecule has 1 fully saturated rings. The van der Waals surface area contributed by atoms with Crippen LogP contribution >= 0.6 is 11.9 Å². The van der Waals surface area contributed by atoms with E-state index in [1.165, 1.54) is 6.20 Å². The van der Waals surface area contributed by atoms with Gasteiger partial charge in [-0.05, 0) is 66.3 Å². The van der Waals surface area contributed by atoms with Crippen molar-refractivity contribution in [2.24, 2.45) is 0 Å². The van der Waals surface area contributed by atoms with E-state index in [9.17, 15) is 19.6 Å². The molecule has 224 valence electrons. The normalized spacial score (nSPS) is 13.0. The Morgan fingerprint density at radius 1 is 0.932 bits per heavy atom. The number of H-pyrrole nitrogens is 1. The van der Waals surface area contributed by atoms with Crippen LogP contribution in [0, 0.1) is 11.3 Å². The lowest BCUT2D eigenvalue weighted by Crippen LogP contribution is -2.40. The van der Waals surface area contributed by atoms with Crippen molar-refractivity contribution < 1.29 is 14.4 Å². The molecule has 1 aliphatic rings. The molecule has 2 heterocycles. The van der Waals surface area contributed by atoms with Crippen molar-refractivity contribution in [1.82, 2.24) is 14.2 Å². The molecule has 0 unspecified atom stereocenters. The number of anilines is 2. The summed E-state index contributed by atoms with van der Waals surface area (Å²) >= 11 is 1.67. The maximum atomic E-state index is 13.3. The van der Waals surface area contributed by atoms with Crippen LogP contribution in [0.15, 0.2) is 89.5 Å². The van der Waals surface area contributed by atoms with Gasteiger partial charge in [0.05, 0.1) is 28.4 Å². The first-order valence-electron chi connectivity index (χ1n) is 14.6. The summed E-state index contributed by atoms with van der Waals surface area (Å²) in [7, 11) is 0. The van der Waals surface area contributed by atoms with E-state index in [1.807, 2.05) is 54.6 Å². The van der Waals surface area contributed by atoms with E-state index in [4.69, 9.17) is 0 Å². The highest BCUT2D eigenvalue weighted by Gasteiger charge is 2.29. The van der Waals surface area contributed by atoms with Crippen molar-refractivity contribution in [1.29, 1.82) is 5.26 Å². The maximum absolute atomic E-state index is 13.3. The van der Waals surface area contributed by atoms with Crippen molar-refractivity contribution >= 4 is 57.5 Å². The summed E-state index contributed by atoms with van der Waals surface area (Å²) in [5, 5.41) is 16.0. The van der Waals surface area contributed by atoms with Crippen LogP contribution in [0.4, 0.5) is 16.2 Å². The number of hydrogen-bond acceptors (Lipinski definition) is 6. The second-order valence-corrected chi connectivity index (χ2v) is 11.5. The lowest BCUT2D eigenvalue weighted by Gasteiger charge is -2.28. The number of urea groups is 1. The van der Waals surface area contributed by atoms with Gasteiger partial charge in [-0.25, -0.2) is 9.10 Å². The Labute approximate surface area is 261 Å². The van der Waals surface area contributed by atoms with Crippen molar-refractivity contribution in [3.8, 4) is 6.07 Å². The van der Waals surface area contributed by atoms with Crippen molar-refractivity contribution in [3.63, 3.8) is 0 Å². The number of benzene rings is 3. The van der Waals surface area contributed by atoms with Crippen molar-refractivity contribution in [2.75, 3.05) is 36.8 Å². The third kappa shape index (κ3) is 6.86. The summed E-state index contributed by atoms with van der Waals surface area (Å²) < 4.78 is 2.23. The average molecular weight is 607 g/mol. The number of carbonyl (C=O) groups is 3. The average Bonchev–Trinajstić information content (AvgIpc) is 3.50. The first-order chi connectivity index (χ1) is 21.4. The first-order valence-corrected chi connectivity index (χ1v) is 15.4. The summed E-state index contributed by atoms with van der Waals surface area (Å²) in [5.41, 5.74) is 4.42. The second kappa shape index (κ2) is 14.1. The molecule has 3 aromatic carbocycles. The molecule has 1 aromatic heterocycles. The lowest BCUT2D eigenvalue weighted by atomic mass is 9.93. The number of likely N-dealkylation sites (tertiary alicyclic amines) is 1. The minimum Gasteiger partial charge on any atom is -0.359 e. The number of nitriles is 1. The van der Waals surface area contributed by atoms with E-state index in [0.29, 0.717) is 53.8 Å². The Morgan fingerprint density at radius 2 is 1.64 bits per heavy atom. The fourth-order valence-electron chi connectivity index (χ4n) is 5.27. The molecule has 0 bridgehead atoms. The molecule has 4 aromatic rings. The van der Waals surface area contributed by atoms with Crippen LogP contribution < -0.4 is 10.6 Å². The van der Waals surface area contributed by atoms with Gasteiger partial charge in [-0.2, -0.15) is 5.26 Å². The van der Waals surface area contributed by atoms with E-state index in [-0.39, 0.29) is 5.56 Å². The molecule has 0 radical (unpaired) electrons. The van der Waals surface area contributed by atoms with E-state index < -0.39 is 17.7 Å². The minimum absolute atomic E-state index is 0.249. The van der Waals surface area contributed by atoms with Crippen molar-refractivity contribution in [3.05, 3.63) is 95.7 Å². The first kappa shape index (κ1) is 30.6. The number of rotatable bonds is 9. The largest absolute Gasteiger partial charge is 0.359 e. The van der Waals surface area contributed by atoms with Gasteiger partial charge in [0.15, 0.2) is 0 Å². The molecule has 0 aliphatic carbocycles. The van der Waals surface area contributed by atoms with Crippen LogP contribution in [0.5, 0.6) is 0 Å². The molecule has 5 rings (SSSR count). The van der Waals surface area contributed by atoms with E-state index in [2.05, 4.69) is 39.8 Å². The number of ketones is 1. The number of fused-ring (bicyclic) bond motifs is 1. The number of Topliss-reactive ketones (excluding diaryl/α,β-unsaturated/α-hetero) is 1. The predicted molar refractivity (Wildman–Crippen MR) is 175 cm³/mol. The molecule has 3 amide bonds. The van der Waals surface area contributed by atoms with E-state index >= 15 is 0 Å². The standard InChI is InChI=1S/C34H34N6O3S/c1-3-40(4-2)44-26-15-13-25(14-16-26)37-34(43)38-30-12-8-11-27-29(22-36-31(27)30)32(41)33(42)39-19-17-24(18-20-39)28(21-35)23-9-6-5-7-10-23/h5-16,22,36H,3-4,17-20H2,1-2H3,(H2,37,38,43). The van der Waals surface area contributed by atoms with Crippen LogP contribution in [-0.4, -0.2) is 58.1 Å². The van der Waals surface area contributed by atoms with Gasteiger partial charge in [0.25, 0.3) is 11.7 Å². The molecule has 3 N–H and O–H groups in total. The molecule has 1 aliphatic heterocycles. The molecule has 1 saturated heterocycles. The third-order valence-corrected chi connectivity index (χ3v) is 8.89. The van der Waals surface area contributed by atoms with Gasteiger partial charge in [-0.15, -0.1) is 0 Å². The van der Waals surface area contributed by atoms with Gasteiger partial charge < -0.3 is 20.5 Å². The Hall–Kier alpha value is -4.85. The Kier molecular flexibility index (Phi) is 9.79. The molecular weight excluding hydrogens is 572 g/mol. The number of piperidine rings is 1. The summed E-state index contributed by atoms with van der Waals surface area (Å²) in [6.07, 6.45) is 2.58.